The molecular weight excluding hydrogens is 736 g/mol. The van der Waals surface area contributed by atoms with Crippen LogP contribution in [0.2, 0.25) is 0 Å². The van der Waals surface area contributed by atoms with Gasteiger partial charge in [0.05, 0.1) is 43.0 Å². The van der Waals surface area contributed by atoms with Gasteiger partial charge in [0.1, 0.15) is 18.3 Å². The molecule has 1 saturated carbocycles. The lowest BCUT2D eigenvalue weighted by molar-refractivity contribution is -0.135. The van der Waals surface area contributed by atoms with Crippen LogP contribution in [0.3, 0.4) is 0 Å². The van der Waals surface area contributed by atoms with Crippen molar-refractivity contribution in [2.45, 2.75) is 88.4 Å². The number of nitriles is 1. The average molecular weight is 779 g/mol. The number of hydrogen-bond donors (Lipinski definition) is 4. The number of H-pyrrole nitrogens is 1. The Labute approximate surface area is 325 Å². The Morgan fingerprint density at radius 2 is 1.91 bits per heavy atom. The van der Waals surface area contributed by atoms with E-state index in [4.69, 9.17) is 4.98 Å². The maximum absolute atomic E-state index is 16.0. The molecule has 3 amide bonds. The van der Waals surface area contributed by atoms with Crippen LogP contribution in [-0.4, -0.2) is 73.1 Å². The van der Waals surface area contributed by atoms with Gasteiger partial charge in [-0.3, -0.25) is 29.3 Å². The topological polar surface area (TPSA) is 186 Å². The van der Waals surface area contributed by atoms with E-state index >= 15 is 4.39 Å². The Kier molecular flexibility index (Phi) is 10.1. The number of para-hydroxylation sites is 1. The van der Waals surface area contributed by atoms with Gasteiger partial charge in [0, 0.05) is 55.0 Å². The van der Waals surface area contributed by atoms with Crippen molar-refractivity contribution in [3.05, 3.63) is 86.5 Å². The van der Waals surface area contributed by atoms with Crippen LogP contribution in [-0.2, 0) is 15.2 Å². The number of nitrogens with zero attached hydrogens (tertiary/aromatic N) is 5. The number of aromatic nitrogens is 4. The summed E-state index contributed by atoms with van der Waals surface area (Å²) < 4.78 is 18.3. The lowest BCUT2D eigenvalue weighted by Gasteiger charge is -2.38. The molecule has 0 spiro atoms. The van der Waals surface area contributed by atoms with Crippen LogP contribution < -0.4 is 16.3 Å². The summed E-state index contributed by atoms with van der Waals surface area (Å²) in [4.78, 5) is 64.6. The molecule has 2 aromatic carbocycles. The summed E-state index contributed by atoms with van der Waals surface area (Å²) >= 11 is 1.60. The number of benzene rings is 2. The number of amides is 3. The van der Waals surface area contributed by atoms with Crippen LogP contribution in [0.15, 0.2) is 53.6 Å². The Bertz CT molecular complexity index is 2450. The molecule has 4 N–H and O–H groups in total. The lowest BCUT2D eigenvalue weighted by Crippen LogP contribution is -2.43. The number of carbonyl (C=O) groups excluding carboxylic acids is 3. The Morgan fingerprint density at radius 3 is 2.64 bits per heavy atom. The number of fused-ring (bicyclic) bond motifs is 2. The third-order valence-electron chi connectivity index (χ3n) is 11.6. The molecule has 3 fully saturated rings. The van der Waals surface area contributed by atoms with E-state index in [2.05, 4.69) is 25.5 Å². The van der Waals surface area contributed by atoms with Gasteiger partial charge < -0.3 is 20.3 Å². The van der Waals surface area contributed by atoms with Crippen molar-refractivity contribution in [1.29, 1.82) is 5.26 Å². The van der Waals surface area contributed by atoms with Gasteiger partial charge in [-0.2, -0.15) is 5.26 Å². The summed E-state index contributed by atoms with van der Waals surface area (Å²) in [7, 11) is 0. The van der Waals surface area contributed by atoms with Gasteiger partial charge in [-0.05, 0) is 94.7 Å². The summed E-state index contributed by atoms with van der Waals surface area (Å²) in [6, 6.07) is 11.8. The molecule has 5 aromatic rings. The third-order valence-corrected chi connectivity index (χ3v) is 12.8. The molecule has 1 aliphatic carbocycles. The fourth-order valence-corrected chi connectivity index (χ4v) is 9.91. The molecule has 0 radical (unpaired) electrons. The summed E-state index contributed by atoms with van der Waals surface area (Å²) in [6.45, 7) is 5.18. The van der Waals surface area contributed by atoms with Gasteiger partial charge in [-0.25, -0.2) is 14.2 Å². The number of piperidine rings is 2. The van der Waals surface area contributed by atoms with Crippen molar-refractivity contribution < 1.29 is 23.9 Å². The highest BCUT2D eigenvalue weighted by molar-refractivity contribution is 7.18. The zero-order valence-electron chi connectivity index (χ0n) is 31.2. The van der Waals surface area contributed by atoms with Crippen LogP contribution in [0.4, 0.5) is 10.1 Å². The molecular formula is C41H43FN8O5S. The van der Waals surface area contributed by atoms with E-state index in [-0.39, 0.29) is 35.8 Å². The predicted octanol–water partition coefficient (Wildman–Crippen LogP) is 5.76. The second kappa shape index (κ2) is 15.0. The number of thiazole rings is 1. The molecule has 13 nitrogen and oxygen atoms in total. The standard InChI is InChI=1S/C41H43FN8O5S/c1-41(2,55)28-15-31-34(16-30(28)45-37(52)25-14-23(17-43)18-44-19-25)56-39(46-31)24-8-6-22(7-9-24)20-49-13-12-26(29(42)21-49)27-4-3-5-32-36(27)48-40(54)50(32)33-10-11-35(51)47-38(33)53/h3-5,14-16,18-19,22,24,26,29,33,55H,6-13,20-21H2,1-2H3,(H,45,52)(H,48,54)(H,47,51,53)/t22?,24?,26-,29+,33?/m0/s1. The molecule has 2 saturated heterocycles. The van der Waals surface area contributed by atoms with Crippen molar-refractivity contribution in [3.63, 3.8) is 0 Å². The molecule has 3 aromatic heterocycles. The number of carbonyl (C=O) groups is 3. The molecule has 5 heterocycles. The van der Waals surface area contributed by atoms with E-state index in [1.165, 1.54) is 23.0 Å². The van der Waals surface area contributed by atoms with Gasteiger partial charge in [-0.1, -0.05) is 12.1 Å². The number of aliphatic hydroxyl groups is 1. The maximum atomic E-state index is 16.0. The van der Waals surface area contributed by atoms with Crippen molar-refractivity contribution in [2.75, 3.05) is 25.0 Å². The SMILES string of the molecule is CC(C)(O)c1cc2nc(C3CCC(CN4CC[C@@H](c5cccc6c5[nH]c(=O)n6C5CCC(=O)NC5=O)[C@H](F)C4)CC3)sc2cc1NC(=O)c1cncc(C#N)c1. The fraction of sp³-hybridized carbons (Fsp3) is 0.439. The van der Waals surface area contributed by atoms with Gasteiger partial charge >= 0.3 is 5.69 Å². The molecule has 0 bridgehead atoms. The van der Waals surface area contributed by atoms with Crippen LogP contribution in [0.1, 0.15) is 109 Å². The van der Waals surface area contributed by atoms with E-state index in [1.54, 1.807) is 37.3 Å². The zero-order chi connectivity index (χ0) is 39.3. The summed E-state index contributed by atoms with van der Waals surface area (Å²) in [6.07, 6.45) is 6.58. The number of imidazole rings is 1. The number of aromatic amines is 1. The Morgan fingerprint density at radius 1 is 1.11 bits per heavy atom. The van der Waals surface area contributed by atoms with Crippen LogP contribution in [0.25, 0.3) is 21.3 Å². The van der Waals surface area contributed by atoms with E-state index in [0.29, 0.717) is 41.2 Å². The number of anilines is 1. The predicted molar refractivity (Wildman–Crippen MR) is 209 cm³/mol. The number of rotatable bonds is 8. The zero-order valence-corrected chi connectivity index (χ0v) is 32.0. The van der Waals surface area contributed by atoms with Crippen LogP contribution >= 0.6 is 11.3 Å². The van der Waals surface area contributed by atoms with Crippen molar-refractivity contribution in [2.24, 2.45) is 5.92 Å². The highest BCUT2D eigenvalue weighted by atomic mass is 32.1. The van der Waals surface area contributed by atoms with Gasteiger partial charge in [0.25, 0.3) is 5.91 Å². The summed E-state index contributed by atoms with van der Waals surface area (Å²) in [5.74, 6) is -0.963. The molecule has 3 aliphatic rings. The number of halogens is 1. The number of imide groups is 1. The first-order chi connectivity index (χ1) is 26.9. The normalized spacial score (nSPS) is 23.6. The first kappa shape index (κ1) is 37.6. The number of pyridine rings is 1. The molecule has 1 unspecified atom stereocenters. The lowest BCUT2D eigenvalue weighted by atomic mass is 9.81. The highest BCUT2D eigenvalue weighted by Gasteiger charge is 2.36. The highest BCUT2D eigenvalue weighted by Crippen LogP contribution is 2.42. The Hall–Kier alpha value is -5.30. The molecule has 2 aliphatic heterocycles. The largest absolute Gasteiger partial charge is 0.386 e. The second-order valence-electron chi connectivity index (χ2n) is 15.9. The van der Waals surface area contributed by atoms with Crippen molar-refractivity contribution in [1.82, 2.24) is 29.7 Å². The number of nitrogens with one attached hydrogen (secondary N) is 3. The monoisotopic (exact) mass is 778 g/mol. The fourth-order valence-electron chi connectivity index (χ4n) is 8.75. The third kappa shape index (κ3) is 7.36. The first-order valence-electron chi connectivity index (χ1n) is 19.1. The smallest absolute Gasteiger partial charge is 0.327 e. The van der Waals surface area contributed by atoms with Gasteiger partial charge in [-0.15, -0.1) is 11.3 Å². The first-order valence-corrected chi connectivity index (χ1v) is 19.9. The van der Waals surface area contributed by atoms with E-state index < -0.39 is 41.2 Å². The minimum atomic E-state index is -1.26. The van der Waals surface area contributed by atoms with Gasteiger partial charge in [0.2, 0.25) is 11.8 Å². The van der Waals surface area contributed by atoms with Crippen LogP contribution in [0, 0.1) is 17.2 Å². The van der Waals surface area contributed by atoms with Gasteiger partial charge in [0.15, 0.2) is 0 Å². The molecule has 290 valence electrons. The van der Waals surface area contributed by atoms with Crippen molar-refractivity contribution in [3.8, 4) is 6.07 Å². The molecule has 56 heavy (non-hydrogen) atoms. The molecule has 3 atom stereocenters. The van der Waals surface area contributed by atoms with Crippen LogP contribution in [0.5, 0.6) is 0 Å². The van der Waals surface area contributed by atoms with Crippen molar-refractivity contribution >= 4 is 56.0 Å². The molecule has 15 heteroatoms. The quantitative estimate of drug-likeness (QED) is 0.142. The van der Waals surface area contributed by atoms with E-state index in [9.17, 15) is 29.5 Å². The molecule has 8 rings (SSSR count). The van der Waals surface area contributed by atoms with E-state index in [1.807, 2.05) is 24.3 Å². The maximum Gasteiger partial charge on any atom is 0.327 e. The summed E-state index contributed by atoms with van der Waals surface area (Å²) in [5.41, 5.74) is 2.43. The minimum Gasteiger partial charge on any atom is -0.386 e. The summed E-state index contributed by atoms with van der Waals surface area (Å²) in [5, 5.41) is 26.5. The second-order valence-corrected chi connectivity index (χ2v) is 17.0. The number of likely N-dealkylation sites (tertiary alicyclic amines) is 1. The Balaban J connectivity index is 0.903. The van der Waals surface area contributed by atoms with E-state index in [0.717, 1.165) is 59.6 Å². The minimum absolute atomic E-state index is 0.152. The number of hydrogen-bond acceptors (Lipinski definition) is 10. The number of alkyl halides is 1. The average Bonchev–Trinajstić information content (AvgIpc) is 3.74.